The third-order valence-electron chi connectivity index (χ3n) is 3.14. The van der Waals surface area contributed by atoms with Crippen LogP contribution in [0.2, 0.25) is 0 Å². The Morgan fingerprint density at radius 1 is 1.38 bits per heavy atom. The van der Waals surface area contributed by atoms with E-state index in [4.69, 9.17) is 5.11 Å². The van der Waals surface area contributed by atoms with Crippen LogP contribution in [0, 0.1) is 6.92 Å². The van der Waals surface area contributed by atoms with E-state index in [9.17, 15) is 13.8 Å². The molecule has 0 aliphatic rings. The minimum Gasteiger partial charge on any atom is -0.478 e. The molecule has 2 unspecified atom stereocenters. The quantitative estimate of drug-likeness (QED) is 0.748. The first kappa shape index (κ1) is 17.2. The molecule has 3 N–H and O–H groups in total. The first-order valence-electron chi connectivity index (χ1n) is 6.53. The molecule has 0 heterocycles. The Morgan fingerprint density at radius 3 is 2.62 bits per heavy atom. The Bertz CT molecular complexity index is 560. The summed E-state index contributed by atoms with van der Waals surface area (Å²) in [6.07, 6.45) is 2.22. The van der Waals surface area contributed by atoms with Crippen molar-refractivity contribution in [3.8, 4) is 0 Å². The van der Waals surface area contributed by atoms with Crippen LogP contribution in [0.1, 0.15) is 29.3 Å². The van der Waals surface area contributed by atoms with Crippen LogP contribution in [0.4, 0.5) is 10.5 Å². The predicted octanol–water partition coefficient (Wildman–Crippen LogP) is 1.97. The van der Waals surface area contributed by atoms with Crippen LogP contribution < -0.4 is 10.6 Å². The van der Waals surface area contributed by atoms with Gasteiger partial charge < -0.3 is 15.7 Å². The summed E-state index contributed by atoms with van der Waals surface area (Å²) in [5, 5.41) is 14.3. The lowest BCUT2D eigenvalue weighted by Crippen LogP contribution is -2.32. The van der Waals surface area contributed by atoms with E-state index in [-0.39, 0.29) is 16.5 Å². The number of benzene rings is 1. The molecule has 0 aliphatic carbocycles. The molecule has 1 aromatic rings. The van der Waals surface area contributed by atoms with Gasteiger partial charge in [-0.1, -0.05) is 19.1 Å². The summed E-state index contributed by atoms with van der Waals surface area (Å²) >= 11 is 0. The van der Waals surface area contributed by atoms with Crippen LogP contribution in [0.25, 0.3) is 0 Å². The molecule has 0 saturated carbocycles. The lowest BCUT2D eigenvalue weighted by molar-refractivity contribution is 0.0697. The highest BCUT2D eigenvalue weighted by atomic mass is 32.2. The zero-order chi connectivity index (χ0) is 16.0. The Balaban J connectivity index is 2.62. The fraction of sp³-hybridized carbons (Fsp3) is 0.429. The molecule has 2 amide bonds. The fourth-order valence-electron chi connectivity index (χ4n) is 1.78. The Morgan fingerprint density at radius 2 is 2.05 bits per heavy atom. The molecule has 0 saturated heterocycles. The second-order valence-electron chi connectivity index (χ2n) is 4.78. The van der Waals surface area contributed by atoms with E-state index in [1.807, 2.05) is 6.92 Å². The summed E-state index contributed by atoms with van der Waals surface area (Å²) in [6.45, 7) is 3.89. The zero-order valence-corrected chi connectivity index (χ0v) is 13.1. The summed E-state index contributed by atoms with van der Waals surface area (Å²) in [5.41, 5.74) is 0.915. The molecule has 7 heteroatoms. The number of urea groups is 1. The fourth-order valence-corrected chi connectivity index (χ4v) is 2.23. The highest BCUT2D eigenvalue weighted by Crippen LogP contribution is 2.19. The van der Waals surface area contributed by atoms with Gasteiger partial charge in [0.25, 0.3) is 0 Å². The second kappa shape index (κ2) is 7.78. The largest absolute Gasteiger partial charge is 0.478 e. The number of aryl methyl sites for hydroxylation is 1. The number of nitrogens with one attached hydrogen (secondary N) is 2. The SMILES string of the molecule is Cc1cccc(NC(=O)NCCC(C)S(C)=O)c1C(=O)O. The molecule has 0 bridgehead atoms. The van der Waals surface area contributed by atoms with E-state index in [1.54, 1.807) is 31.4 Å². The van der Waals surface area contributed by atoms with E-state index in [0.717, 1.165) is 0 Å². The van der Waals surface area contributed by atoms with Gasteiger partial charge in [-0.2, -0.15) is 0 Å². The number of hydrogen-bond acceptors (Lipinski definition) is 3. The standard InChI is InChI=1S/C14H20N2O4S/c1-9-5-4-6-11(12(9)13(17)18)16-14(19)15-8-7-10(2)21(3)20/h4-6,10H,7-8H2,1-3H3,(H,17,18)(H2,15,16,19). The van der Waals surface area contributed by atoms with Crippen molar-refractivity contribution in [2.75, 3.05) is 18.1 Å². The number of anilines is 1. The Labute approximate surface area is 126 Å². The molecule has 0 fully saturated rings. The van der Waals surface area contributed by atoms with Crippen molar-refractivity contribution in [2.45, 2.75) is 25.5 Å². The van der Waals surface area contributed by atoms with Crippen molar-refractivity contribution in [2.24, 2.45) is 0 Å². The van der Waals surface area contributed by atoms with Crippen molar-refractivity contribution < 1.29 is 18.9 Å². The summed E-state index contributed by atoms with van der Waals surface area (Å²) in [7, 11) is -0.925. The molecular weight excluding hydrogens is 292 g/mol. The molecule has 1 aromatic carbocycles. The molecule has 21 heavy (non-hydrogen) atoms. The van der Waals surface area contributed by atoms with Crippen LogP contribution in [0.3, 0.4) is 0 Å². The van der Waals surface area contributed by atoms with Gasteiger partial charge in [-0.25, -0.2) is 9.59 Å². The van der Waals surface area contributed by atoms with Crippen molar-refractivity contribution in [1.82, 2.24) is 5.32 Å². The molecule has 2 atom stereocenters. The molecule has 6 nitrogen and oxygen atoms in total. The van der Waals surface area contributed by atoms with Crippen molar-refractivity contribution in [3.05, 3.63) is 29.3 Å². The first-order valence-corrected chi connectivity index (χ1v) is 8.15. The molecule has 0 radical (unpaired) electrons. The number of carboxylic acid groups (broad SMARTS) is 1. The van der Waals surface area contributed by atoms with E-state index in [2.05, 4.69) is 10.6 Å². The molecule has 116 valence electrons. The van der Waals surface area contributed by atoms with Crippen molar-refractivity contribution in [3.63, 3.8) is 0 Å². The first-order chi connectivity index (χ1) is 9.82. The van der Waals surface area contributed by atoms with E-state index >= 15 is 0 Å². The molecule has 1 rings (SSSR count). The Kier molecular flexibility index (Phi) is 6.36. The average molecular weight is 312 g/mol. The van der Waals surface area contributed by atoms with Crippen LogP contribution in [-0.2, 0) is 10.8 Å². The van der Waals surface area contributed by atoms with Gasteiger partial charge in [-0.3, -0.25) is 4.21 Å². The third-order valence-corrected chi connectivity index (χ3v) is 4.51. The van der Waals surface area contributed by atoms with Crippen LogP contribution >= 0.6 is 0 Å². The smallest absolute Gasteiger partial charge is 0.338 e. The number of carboxylic acids is 1. The molecule has 0 spiro atoms. The topological polar surface area (TPSA) is 95.5 Å². The maximum absolute atomic E-state index is 11.8. The predicted molar refractivity (Wildman–Crippen MR) is 83.3 cm³/mol. The van der Waals surface area contributed by atoms with Gasteiger partial charge >= 0.3 is 12.0 Å². The number of carbonyl (C=O) groups is 2. The number of rotatable bonds is 6. The maximum Gasteiger partial charge on any atom is 0.338 e. The zero-order valence-electron chi connectivity index (χ0n) is 12.3. The van der Waals surface area contributed by atoms with E-state index in [1.165, 1.54) is 0 Å². The third kappa shape index (κ3) is 5.18. The maximum atomic E-state index is 11.8. The average Bonchev–Trinajstić information content (AvgIpc) is 2.37. The van der Waals surface area contributed by atoms with Gasteiger partial charge in [-0.15, -0.1) is 0 Å². The number of aromatic carboxylic acids is 1. The van der Waals surface area contributed by atoms with Gasteiger partial charge in [0.2, 0.25) is 0 Å². The van der Waals surface area contributed by atoms with Gasteiger partial charge in [-0.05, 0) is 25.0 Å². The highest BCUT2D eigenvalue weighted by Gasteiger charge is 2.15. The normalized spacial score (nSPS) is 13.3. The summed E-state index contributed by atoms with van der Waals surface area (Å²) < 4.78 is 11.2. The summed E-state index contributed by atoms with van der Waals surface area (Å²) in [6, 6.07) is 4.42. The minimum atomic E-state index is -1.08. The van der Waals surface area contributed by atoms with E-state index < -0.39 is 22.8 Å². The Hall–Kier alpha value is -1.89. The minimum absolute atomic E-state index is 0.00106. The lowest BCUT2D eigenvalue weighted by atomic mass is 10.1. The highest BCUT2D eigenvalue weighted by molar-refractivity contribution is 7.84. The molecular formula is C14H20N2O4S. The number of hydrogen-bond donors (Lipinski definition) is 3. The van der Waals surface area contributed by atoms with Gasteiger partial charge in [0, 0.05) is 28.9 Å². The summed E-state index contributed by atoms with van der Waals surface area (Å²) in [4.78, 5) is 23.0. The van der Waals surface area contributed by atoms with Crippen molar-refractivity contribution >= 4 is 28.5 Å². The lowest BCUT2D eigenvalue weighted by Gasteiger charge is -2.12. The summed E-state index contributed by atoms with van der Waals surface area (Å²) in [5.74, 6) is -1.08. The van der Waals surface area contributed by atoms with E-state index in [0.29, 0.717) is 18.5 Å². The van der Waals surface area contributed by atoms with Crippen LogP contribution in [0.5, 0.6) is 0 Å². The van der Waals surface area contributed by atoms with Crippen LogP contribution in [0.15, 0.2) is 18.2 Å². The number of amides is 2. The molecule has 0 aromatic heterocycles. The van der Waals surface area contributed by atoms with Crippen molar-refractivity contribution in [1.29, 1.82) is 0 Å². The van der Waals surface area contributed by atoms with Crippen LogP contribution in [-0.4, -0.2) is 39.4 Å². The monoisotopic (exact) mass is 312 g/mol. The van der Waals surface area contributed by atoms with Gasteiger partial charge in [0.15, 0.2) is 0 Å². The molecule has 0 aliphatic heterocycles. The number of carbonyl (C=O) groups excluding carboxylic acids is 1. The second-order valence-corrected chi connectivity index (χ2v) is 6.58. The van der Waals surface area contributed by atoms with Gasteiger partial charge in [0.1, 0.15) is 0 Å². The van der Waals surface area contributed by atoms with Gasteiger partial charge in [0.05, 0.1) is 11.3 Å².